The van der Waals surface area contributed by atoms with E-state index in [2.05, 4.69) is 11.9 Å². The Kier molecular flexibility index (Phi) is 5.78. The fourth-order valence-electron chi connectivity index (χ4n) is 2.86. The Morgan fingerprint density at radius 1 is 1.26 bits per heavy atom. The Morgan fingerprint density at radius 2 is 2.00 bits per heavy atom. The minimum Gasteiger partial charge on any atom is -0.507 e. The number of rotatable bonds is 4. The molecule has 1 atom stereocenters. The van der Waals surface area contributed by atoms with Crippen LogP contribution in [0.2, 0.25) is 5.02 Å². The van der Waals surface area contributed by atoms with Crippen molar-refractivity contribution >= 4 is 29.1 Å². The molecule has 140 valence electrons. The van der Waals surface area contributed by atoms with E-state index in [-0.39, 0.29) is 23.3 Å². The maximum absolute atomic E-state index is 12.9. The molecular weight excluding hydrogens is 368 g/mol. The van der Waals surface area contributed by atoms with Crippen molar-refractivity contribution in [2.45, 2.75) is 6.10 Å². The molecule has 6 nitrogen and oxygen atoms in total. The molecule has 0 bridgehead atoms. The highest BCUT2D eigenvalue weighted by Gasteiger charge is 2.27. The number of phenols is 1. The van der Waals surface area contributed by atoms with Gasteiger partial charge in [-0.25, -0.2) is 0 Å². The van der Waals surface area contributed by atoms with Gasteiger partial charge in [-0.1, -0.05) is 30.3 Å². The van der Waals surface area contributed by atoms with Crippen molar-refractivity contribution in [3.8, 4) is 5.75 Å². The van der Waals surface area contributed by atoms with Crippen LogP contribution in [0.1, 0.15) is 22.0 Å². The number of nitrogens with one attached hydrogen (secondary N) is 1. The Morgan fingerprint density at radius 3 is 2.70 bits per heavy atom. The summed E-state index contributed by atoms with van der Waals surface area (Å²) in [6.45, 7) is 4.53. The molecule has 2 amide bonds. The number of carbonyl (C=O) groups excluding carboxylic acids is 2. The number of halogens is 1. The van der Waals surface area contributed by atoms with E-state index in [0.717, 1.165) is 11.6 Å². The molecular formula is C20H19ClN2O4. The van der Waals surface area contributed by atoms with E-state index in [0.29, 0.717) is 30.4 Å². The van der Waals surface area contributed by atoms with Crippen LogP contribution < -0.4 is 5.32 Å². The van der Waals surface area contributed by atoms with Gasteiger partial charge in [0.25, 0.3) is 5.91 Å². The molecule has 0 saturated carbocycles. The molecule has 0 spiro atoms. The van der Waals surface area contributed by atoms with Gasteiger partial charge in [-0.05, 0) is 42.0 Å². The van der Waals surface area contributed by atoms with Crippen LogP contribution in [0.5, 0.6) is 5.75 Å². The molecule has 0 unspecified atom stereocenters. The predicted molar refractivity (Wildman–Crippen MR) is 103 cm³/mol. The van der Waals surface area contributed by atoms with E-state index in [1.54, 1.807) is 17.0 Å². The van der Waals surface area contributed by atoms with Gasteiger partial charge in [0, 0.05) is 17.3 Å². The number of carbonyl (C=O) groups is 2. The molecule has 2 N–H and O–H groups in total. The first-order valence-electron chi connectivity index (χ1n) is 8.40. The minimum absolute atomic E-state index is 0.119. The molecule has 2 aromatic rings. The summed E-state index contributed by atoms with van der Waals surface area (Å²) in [7, 11) is 0. The number of ether oxygens (including phenoxy) is 1. The zero-order chi connectivity index (χ0) is 19.4. The highest BCUT2D eigenvalue weighted by atomic mass is 35.5. The molecule has 2 aromatic carbocycles. The second-order valence-corrected chi connectivity index (χ2v) is 6.52. The summed E-state index contributed by atoms with van der Waals surface area (Å²) in [5.74, 6) is -0.871. The van der Waals surface area contributed by atoms with Gasteiger partial charge < -0.3 is 20.1 Å². The van der Waals surface area contributed by atoms with Crippen LogP contribution in [-0.4, -0.2) is 41.5 Å². The van der Waals surface area contributed by atoms with Crippen molar-refractivity contribution in [2.24, 2.45) is 0 Å². The number of anilines is 1. The molecule has 3 rings (SSSR count). The molecule has 1 saturated heterocycles. The van der Waals surface area contributed by atoms with Crippen molar-refractivity contribution in [3.05, 3.63) is 71.3 Å². The highest BCUT2D eigenvalue weighted by molar-refractivity contribution is 6.30. The van der Waals surface area contributed by atoms with Crippen LogP contribution in [-0.2, 0) is 9.53 Å². The standard InChI is InChI=1S/C20H19ClN2O4/c1-2-19(25)22-15-7-8-17(24)16(11-15)20(26)23-9-10-27-18(12-23)13-3-5-14(21)6-4-13/h2-8,11,18,24H,1,9-10,12H2,(H,22,25)/t18-/m0/s1. The normalized spacial score (nSPS) is 16.6. The molecule has 1 heterocycles. The summed E-state index contributed by atoms with van der Waals surface area (Å²) in [5, 5.41) is 13.3. The smallest absolute Gasteiger partial charge is 0.257 e. The second-order valence-electron chi connectivity index (χ2n) is 6.09. The van der Waals surface area contributed by atoms with Crippen LogP contribution >= 0.6 is 11.6 Å². The third kappa shape index (κ3) is 4.48. The fraction of sp³-hybridized carbons (Fsp3) is 0.200. The van der Waals surface area contributed by atoms with Crippen molar-refractivity contribution in [1.82, 2.24) is 4.90 Å². The maximum Gasteiger partial charge on any atom is 0.257 e. The highest BCUT2D eigenvalue weighted by Crippen LogP contribution is 2.27. The average molecular weight is 387 g/mol. The van der Waals surface area contributed by atoms with Crippen molar-refractivity contribution in [2.75, 3.05) is 25.0 Å². The summed E-state index contributed by atoms with van der Waals surface area (Å²) < 4.78 is 5.77. The number of nitrogens with zero attached hydrogens (tertiary/aromatic N) is 1. The van der Waals surface area contributed by atoms with Crippen LogP contribution in [0.25, 0.3) is 0 Å². The van der Waals surface area contributed by atoms with Gasteiger partial charge in [0.15, 0.2) is 0 Å². The molecule has 1 aliphatic rings. The lowest BCUT2D eigenvalue weighted by atomic mass is 10.1. The number of hydrogen-bond acceptors (Lipinski definition) is 4. The SMILES string of the molecule is C=CC(=O)Nc1ccc(O)c(C(=O)N2CCO[C@H](c3ccc(Cl)cc3)C2)c1. The molecule has 1 aliphatic heterocycles. The summed E-state index contributed by atoms with van der Waals surface area (Å²) >= 11 is 5.92. The molecule has 7 heteroatoms. The van der Waals surface area contributed by atoms with Gasteiger partial charge in [-0.3, -0.25) is 9.59 Å². The lowest BCUT2D eigenvalue weighted by Crippen LogP contribution is -2.42. The van der Waals surface area contributed by atoms with Crippen LogP contribution in [0.3, 0.4) is 0 Å². The largest absolute Gasteiger partial charge is 0.507 e. The van der Waals surface area contributed by atoms with E-state index < -0.39 is 5.91 Å². The number of aromatic hydroxyl groups is 1. The first-order valence-corrected chi connectivity index (χ1v) is 8.78. The number of morpholine rings is 1. The van der Waals surface area contributed by atoms with E-state index in [4.69, 9.17) is 16.3 Å². The van der Waals surface area contributed by atoms with Crippen LogP contribution in [0, 0.1) is 0 Å². The van der Waals surface area contributed by atoms with Crippen molar-refractivity contribution in [3.63, 3.8) is 0 Å². The predicted octanol–water partition coefficient (Wildman–Crippen LogP) is 3.38. The number of hydrogen-bond donors (Lipinski definition) is 2. The second kappa shape index (κ2) is 8.24. The molecule has 0 aromatic heterocycles. The monoisotopic (exact) mass is 386 g/mol. The number of benzene rings is 2. The Bertz CT molecular complexity index is 867. The topological polar surface area (TPSA) is 78.9 Å². The zero-order valence-corrected chi connectivity index (χ0v) is 15.3. The van der Waals surface area contributed by atoms with Gasteiger partial charge in [0.1, 0.15) is 11.9 Å². The van der Waals surface area contributed by atoms with Gasteiger partial charge in [-0.15, -0.1) is 0 Å². The van der Waals surface area contributed by atoms with E-state index >= 15 is 0 Å². The number of amides is 2. The average Bonchev–Trinajstić information content (AvgIpc) is 2.69. The fourth-order valence-corrected chi connectivity index (χ4v) is 2.99. The lowest BCUT2D eigenvalue weighted by Gasteiger charge is -2.33. The summed E-state index contributed by atoms with van der Waals surface area (Å²) in [4.78, 5) is 26.0. The van der Waals surface area contributed by atoms with Crippen LogP contribution in [0.15, 0.2) is 55.1 Å². The summed E-state index contributed by atoms with van der Waals surface area (Å²) in [6.07, 6.45) is 0.860. The Hall–Kier alpha value is -2.83. The van der Waals surface area contributed by atoms with E-state index in [1.165, 1.54) is 18.2 Å². The third-order valence-corrected chi connectivity index (χ3v) is 4.53. The molecule has 0 radical (unpaired) electrons. The maximum atomic E-state index is 12.9. The van der Waals surface area contributed by atoms with Gasteiger partial charge >= 0.3 is 0 Å². The van der Waals surface area contributed by atoms with Crippen LogP contribution in [0.4, 0.5) is 5.69 Å². The Labute approximate surface area is 162 Å². The van der Waals surface area contributed by atoms with E-state index in [9.17, 15) is 14.7 Å². The molecule has 27 heavy (non-hydrogen) atoms. The third-order valence-electron chi connectivity index (χ3n) is 4.28. The van der Waals surface area contributed by atoms with Gasteiger partial charge in [0.2, 0.25) is 5.91 Å². The first-order chi connectivity index (χ1) is 13.0. The number of phenolic OH excluding ortho intramolecular Hbond substituents is 1. The lowest BCUT2D eigenvalue weighted by molar-refractivity contribution is -0.111. The van der Waals surface area contributed by atoms with Gasteiger partial charge in [-0.2, -0.15) is 0 Å². The van der Waals surface area contributed by atoms with Gasteiger partial charge in [0.05, 0.1) is 18.7 Å². The molecule has 0 aliphatic carbocycles. The molecule has 1 fully saturated rings. The van der Waals surface area contributed by atoms with Crippen molar-refractivity contribution in [1.29, 1.82) is 0 Å². The quantitative estimate of drug-likeness (QED) is 0.623. The van der Waals surface area contributed by atoms with E-state index in [1.807, 2.05) is 12.1 Å². The summed E-state index contributed by atoms with van der Waals surface area (Å²) in [6, 6.07) is 11.6. The summed E-state index contributed by atoms with van der Waals surface area (Å²) in [5.41, 5.74) is 1.45. The Balaban J connectivity index is 1.78. The van der Waals surface area contributed by atoms with Crippen molar-refractivity contribution < 1.29 is 19.4 Å². The first kappa shape index (κ1) is 18.9. The minimum atomic E-state index is -0.395. The zero-order valence-electron chi connectivity index (χ0n) is 14.5.